The van der Waals surface area contributed by atoms with Crippen molar-refractivity contribution in [1.29, 1.82) is 0 Å². The Morgan fingerprint density at radius 3 is 2.80 bits per heavy atom. The van der Waals surface area contributed by atoms with Crippen molar-refractivity contribution in [1.82, 2.24) is 24.7 Å². The first-order chi connectivity index (χ1) is 12.1. The number of imidazole rings is 1. The lowest BCUT2D eigenvalue weighted by Gasteiger charge is -2.37. The lowest BCUT2D eigenvalue weighted by atomic mass is 9.76. The molecular formula is C19H33N5O. The molecule has 2 fully saturated rings. The predicted molar refractivity (Wildman–Crippen MR) is 99.3 cm³/mol. The van der Waals surface area contributed by atoms with Crippen LogP contribution in [0.2, 0.25) is 0 Å². The number of likely N-dealkylation sites (tertiary alicyclic amines) is 2. The molecule has 0 aliphatic carbocycles. The van der Waals surface area contributed by atoms with E-state index in [1.807, 2.05) is 12.5 Å². The second kappa shape index (κ2) is 8.32. The number of amides is 1. The molecule has 0 saturated carbocycles. The first kappa shape index (κ1) is 18.4. The van der Waals surface area contributed by atoms with Gasteiger partial charge in [0, 0.05) is 32.0 Å². The van der Waals surface area contributed by atoms with Gasteiger partial charge < -0.3 is 14.8 Å². The number of aryl methyl sites for hydroxylation is 1. The summed E-state index contributed by atoms with van der Waals surface area (Å²) in [5.41, 5.74) is 0.362. The Hall–Kier alpha value is -1.40. The van der Waals surface area contributed by atoms with E-state index in [2.05, 4.69) is 38.6 Å². The van der Waals surface area contributed by atoms with E-state index in [-0.39, 0.29) is 11.9 Å². The fourth-order valence-corrected chi connectivity index (χ4v) is 4.39. The van der Waals surface area contributed by atoms with Gasteiger partial charge in [0.1, 0.15) is 0 Å². The standard InChI is InChI=1S/C19H33N5O/c1-3-9-24-15-19(5-11-22(2)12-6-19)14-17(24)18(25)21-7-4-10-23-13-8-20-16-23/h8,13,16-17H,3-7,9-12,14-15H2,1-2H3,(H,21,25)/t17-/m1/s1. The number of aromatic nitrogens is 2. The molecule has 1 N–H and O–H groups in total. The number of nitrogens with one attached hydrogen (secondary N) is 1. The van der Waals surface area contributed by atoms with Crippen molar-refractivity contribution in [2.75, 3.05) is 39.8 Å². The van der Waals surface area contributed by atoms with E-state index in [1.54, 1.807) is 6.20 Å². The van der Waals surface area contributed by atoms with Crippen LogP contribution < -0.4 is 5.32 Å². The highest BCUT2D eigenvalue weighted by Gasteiger charge is 2.47. The minimum atomic E-state index is 0.0663. The highest BCUT2D eigenvalue weighted by atomic mass is 16.2. The van der Waals surface area contributed by atoms with Crippen LogP contribution in [0.1, 0.15) is 39.0 Å². The van der Waals surface area contributed by atoms with Crippen LogP contribution in [0, 0.1) is 5.41 Å². The summed E-state index contributed by atoms with van der Waals surface area (Å²) in [5.74, 6) is 0.231. The summed E-state index contributed by atoms with van der Waals surface area (Å²) in [6.45, 7) is 8.31. The van der Waals surface area contributed by atoms with Gasteiger partial charge in [-0.05, 0) is 64.2 Å². The van der Waals surface area contributed by atoms with Gasteiger partial charge in [0.2, 0.25) is 5.91 Å². The van der Waals surface area contributed by atoms with Crippen LogP contribution in [-0.4, -0.2) is 71.1 Å². The molecule has 6 nitrogen and oxygen atoms in total. The quantitative estimate of drug-likeness (QED) is 0.761. The molecule has 0 unspecified atom stereocenters. The molecule has 140 valence electrons. The van der Waals surface area contributed by atoms with Crippen LogP contribution >= 0.6 is 0 Å². The molecule has 0 aromatic carbocycles. The number of piperidine rings is 1. The number of rotatable bonds is 7. The zero-order valence-corrected chi connectivity index (χ0v) is 15.8. The van der Waals surface area contributed by atoms with Gasteiger partial charge in [0.05, 0.1) is 12.4 Å². The fraction of sp³-hybridized carbons (Fsp3) is 0.789. The number of hydrogen-bond donors (Lipinski definition) is 1. The van der Waals surface area contributed by atoms with Crippen LogP contribution in [0.15, 0.2) is 18.7 Å². The number of hydrogen-bond acceptors (Lipinski definition) is 4. The molecule has 1 aromatic rings. The summed E-state index contributed by atoms with van der Waals surface area (Å²) in [7, 11) is 2.20. The molecule has 1 amide bonds. The van der Waals surface area contributed by atoms with E-state index in [1.165, 1.54) is 25.9 Å². The summed E-state index contributed by atoms with van der Waals surface area (Å²) in [5, 5.41) is 3.18. The largest absolute Gasteiger partial charge is 0.355 e. The van der Waals surface area contributed by atoms with Crippen molar-refractivity contribution in [2.45, 2.75) is 51.6 Å². The third-order valence-electron chi connectivity index (χ3n) is 5.92. The van der Waals surface area contributed by atoms with Gasteiger partial charge in [0.25, 0.3) is 0 Å². The van der Waals surface area contributed by atoms with E-state index in [0.29, 0.717) is 5.41 Å². The molecule has 6 heteroatoms. The lowest BCUT2D eigenvalue weighted by molar-refractivity contribution is -0.125. The molecule has 3 rings (SSSR count). The number of carbonyl (C=O) groups is 1. The van der Waals surface area contributed by atoms with Gasteiger partial charge in [-0.2, -0.15) is 0 Å². The van der Waals surface area contributed by atoms with Gasteiger partial charge in [-0.15, -0.1) is 0 Å². The van der Waals surface area contributed by atoms with Crippen molar-refractivity contribution in [3.63, 3.8) is 0 Å². The molecule has 0 radical (unpaired) electrons. The van der Waals surface area contributed by atoms with Crippen molar-refractivity contribution in [2.24, 2.45) is 5.41 Å². The zero-order chi connectivity index (χ0) is 17.7. The summed E-state index contributed by atoms with van der Waals surface area (Å²) in [6.07, 6.45) is 11.1. The van der Waals surface area contributed by atoms with Crippen molar-refractivity contribution in [3.8, 4) is 0 Å². The van der Waals surface area contributed by atoms with Gasteiger partial charge in [-0.3, -0.25) is 9.69 Å². The Kier molecular flexibility index (Phi) is 6.12. The molecule has 2 aliphatic heterocycles. The highest BCUT2D eigenvalue weighted by molar-refractivity contribution is 5.82. The monoisotopic (exact) mass is 347 g/mol. The van der Waals surface area contributed by atoms with E-state index in [9.17, 15) is 4.79 Å². The van der Waals surface area contributed by atoms with Crippen LogP contribution in [0.4, 0.5) is 0 Å². The summed E-state index contributed by atoms with van der Waals surface area (Å²) < 4.78 is 2.05. The molecule has 25 heavy (non-hydrogen) atoms. The molecule has 1 aromatic heterocycles. The molecular weight excluding hydrogens is 314 g/mol. The predicted octanol–water partition coefficient (Wildman–Crippen LogP) is 1.59. The first-order valence-electron chi connectivity index (χ1n) is 9.78. The minimum Gasteiger partial charge on any atom is -0.355 e. The second-order valence-corrected chi connectivity index (χ2v) is 7.94. The van der Waals surface area contributed by atoms with Crippen LogP contribution in [0.3, 0.4) is 0 Å². The minimum absolute atomic E-state index is 0.0663. The maximum atomic E-state index is 12.8. The zero-order valence-electron chi connectivity index (χ0n) is 15.8. The lowest BCUT2D eigenvalue weighted by Crippen LogP contribution is -2.43. The summed E-state index contributed by atoms with van der Waals surface area (Å²) in [6, 6.07) is 0.0663. The van der Waals surface area contributed by atoms with Gasteiger partial charge >= 0.3 is 0 Å². The molecule has 2 saturated heterocycles. The Bertz CT molecular complexity index is 536. The van der Waals surface area contributed by atoms with Crippen molar-refractivity contribution >= 4 is 5.91 Å². The molecule has 1 spiro atoms. The van der Waals surface area contributed by atoms with Crippen LogP contribution in [0.5, 0.6) is 0 Å². The average Bonchev–Trinajstić information content (AvgIpc) is 3.23. The maximum absolute atomic E-state index is 12.8. The third kappa shape index (κ3) is 4.61. The SMILES string of the molecule is CCCN1CC2(CCN(C)CC2)C[C@@H]1C(=O)NCCCn1ccnc1. The smallest absolute Gasteiger partial charge is 0.237 e. The van der Waals surface area contributed by atoms with Crippen molar-refractivity contribution < 1.29 is 4.79 Å². The van der Waals surface area contributed by atoms with E-state index in [0.717, 1.165) is 45.4 Å². The van der Waals surface area contributed by atoms with E-state index >= 15 is 0 Å². The Morgan fingerprint density at radius 1 is 1.32 bits per heavy atom. The maximum Gasteiger partial charge on any atom is 0.237 e. The van der Waals surface area contributed by atoms with Crippen LogP contribution in [0.25, 0.3) is 0 Å². The van der Waals surface area contributed by atoms with E-state index < -0.39 is 0 Å². The topological polar surface area (TPSA) is 53.4 Å². The first-order valence-corrected chi connectivity index (χ1v) is 9.78. The Balaban J connectivity index is 1.50. The van der Waals surface area contributed by atoms with E-state index in [4.69, 9.17) is 0 Å². The summed E-state index contributed by atoms with van der Waals surface area (Å²) >= 11 is 0. The van der Waals surface area contributed by atoms with Gasteiger partial charge in [-0.25, -0.2) is 4.98 Å². The fourth-order valence-electron chi connectivity index (χ4n) is 4.39. The van der Waals surface area contributed by atoms with Gasteiger partial charge in [-0.1, -0.05) is 6.92 Å². The Labute approximate surface area is 151 Å². The molecule has 0 bridgehead atoms. The third-order valence-corrected chi connectivity index (χ3v) is 5.92. The normalized spacial score (nSPS) is 24.0. The average molecular weight is 348 g/mol. The Morgan fingerprint density at radius 2 is 2.12 bits per heavy atom. The van der Waals surface area contributed by atoms with Crippen LogP contribution in [-0.2, 0) is 11.3 Å². The van der Waals surface area contributed by atoms with Crippen molar-refractivity contribution in [3.05, 3.63) is 18.7 Å². The highest BCUT2D eigenvalue weighted by Crippen LogP contribution is 2.43. The molecule has 1 atom stereocenters. The van der Waals surface area contributed by atoms with Gasteiger partial charge in [0.15, 0.2) is 0 Å². The second-order valence-electron chi connectivity index (χ2n) is 7.94. The summed E-state index contributed by atoms with van der Waals surface area (Å²) in [4.78, 5) is 21.7. The number of carbonyl (C=O) groups excluding carboxylic acids is 1. The molecule has 2 aliphatic rings. The molecule has 3 heterocycles. The number of nitrogens with zero attached hydrogens (tertiary/aromatic N) is 4.